The van der Waals surface area contributed by atoms with Crippen LogP contribution in [0.1, 0.15) is 25.7 Å². The van der Waals surface area contributed by atoms with Crippen LogP contribution >= 0.6 is 11.3 Å². The van der Waals surface area contributed by atoms with Gasteiger partial charge in [0, 0.05) is 10.9 Å². The molecule has 5 heteroatoms. The minimum Gasteiger partial charge on any atom is -0.393 e. The fraction of sp³-hybridized carbons (Fsp3) is 0.400. The third kappa shape index (κ3) is 2.08. The maximum atomic E-state index is 9.39. The van der Waals surface area contributed by atoms with E-state index in [1.54, 1.807) is 18.3 Å². The standard InChI is InChI=1S/C10H12N2O2S/c1-6(7(2)13)10-11-9(12-14-10)8-3-4-15-5-8/h3-7,13H,1-2H3. The van der Waals surface area contributed by atoms with Crippen LogP contribution in [-0.2, 0) is 0 Å². The van der Waals surface area contributed by atoms with E-state index in [9.17, 15) is 5.11 Å². The van der Waals surface area contributed by atoms with E-state index in [1.807, 2.05) is 23.8 Å². The van der Waals surface area contributed by atoms with Gasteiger partial charge in [0.2, 0.25) is 11.7 Å². The highest BCUT2D eigenvalue weighted by molar-refractivity contribution is 7.08. The van der Waals surface area contributed by atoms with Crippen molar-refractivity contribution in [3.05, 3.63) is 22.7 Å². The Labute approximate surface area is 91.6 Å². The average Bonchev–Trinajstić information content (AvgIpc) is 2.86. The highest BCUT2D eigenvalue weighted by atomic mass is 32.1. The Morgan fingerprint density at radius 1 is 1.47 bits per heavy atom. The van der Waals surface area contributed by atoms with Crippen LogP contribution in [0.15, 0.2) is 21.3 Å². The van der Waals surface area contributed by atoms with E-state index in [-0.39, 0.29) is 5.92 Å². The van der Waals surface area contributed by atoms with E-state index in [1.165, 1.54) is 0 Å². The van der Waals surface area contributed by atoms with Crippen LogP contribution in [0.3, 0.4) is 0 Å². The van der Waals surface area contributed by atoms with Gasteiger partial charge in [-0.25, -0.2) is 0 Å². The van der Waals surface area contributed by atoms with Gasteiger partial charge in [-0.05, 0) is 18.4 Å². The first-order valence-corrected chi connectivity index (χ1v) is 5.67. The van der Waals surface area contributed by atoms with Crippen LogP contribution in [0.5, 0.6) is 0 Å². The average molecular weight is 224 g/mol. The van der Waals surface area contributed by atoms with E-state index in [2.05, 4.69) is 10.1 Å². The lowest BCUT2D eigenvalue weighted by Crippen LogP contribution is -2.11. The number of nitrogens with zero attached hydrogens (tertiary/aromatic N) is 2. The molecule has 0 fully saturated rings. The maximum absolute atomic E-state index is 9.39. The van der Waals surface area contributed by atoms with Crippen LogP contribution in [0.4, 0.5) is 0 Å². The predicted molar refractivity (Wildman–Crippen MR) is 57.7 cm³/mol. The van der Waals surface area contributed by atoms with Gasteiger partial charge >= 0.3 is 0 Å². The van der Waals surface area contributed by atoms with E-state index in [4.69, 9.17) is 4.52 Å². The number of aliphatic hydroxyl groups excluding tert-OH is 1. The molecule has 15 heavy (non-hydrogen) atoms. The summed E-state index contributed by atoms with van der Waals surface area (Å²) >= 11 is 1.59. The summed E-state index contributed by atoms with van der Waals surface area (Å²) in [6.07, 6.45) is -0.485. The quantitative estimate of drug-likeness (QED) is 0.869. The van der Waals surface area contributed by atoms with Crippen molar-refractivity contribution in [1.82, 2.24) is 10.1 Å². The van der Waals surface area contributed by atoms with Crippen molar-refractivity contribution in [3.63, 3.8) is 0 Å². The molecule has 0 saturated heterocycles. The van der Waals surface area contributed by atoms with Gasteiger partial charge in [-0.2, -0.15) is 16.3 Å². The largest absolute Gasteiger partial charge is 0.393 e. The highest BCUT2D eigenvalue weighted by Gasteiger charge is 2.19. The molecule has 4 nitrogen and oxygen atoms in total. The third-order valence-electron chi connectivity index (χ3n) is 2.33. The summed E-state index contributed by atoms with van der Waals surface area (Å²) in [4.78, 5) is 4.24. The lowest BCUT2D eigenvalue weighted by Gasteiger charge is -2.07. The van der Waals surface area contributed by atoms with Crippen LogP contribution in [0.25, 0.3) is 11.4 Å². The van der Waals surface area contributed by atoms with Crippen LogP contribution in [-0.4, -0.2) is 21.4 Å². The Hall–Kier alpha value is -1.20. The molecular weight excluding hydrogens is 212 g/mol. The molecule has 80 valence electrons. The van der Waals surface area contributed by atoms with Crippen molar-refractivity contribution in [2.24, 2.45) is 0 Å². The summed E-state index contributed by atoms with van der Waals surface area (Å²) in [5.41, 5.74) is 0.952. The molecule has 2 heterocycles. The number of rotatable bonds is 3. The molecule has 1 N–H and O–H groups in total. The Morgan fingerprint density at radius 3 is 2.87 bits per heavy atom. The summed E-state index contributed by atoms with van der Waals surface area (Å²) in [6, 6.07) is 1.94. The molecule has 2 aromatic heterocycles. The highest BCUT2D eigenvalue weighted by Crippen LogP contribution is 2.23. The molecule has 0 aliphatic rings. The van der Waals surface area contributed by atoms with Crippen molar-refractivity contribution >= 4 is 11.3 Å². The molecule has 2 aromatic rings. The number of thiophene rings is 1. The molecule has 0 spiro atoms. The second kappa shape index (κ2) is 4.12. The number of hydrogen-bond donors (Lipinski definition) is 1. The first kappa shape index (κ1) is 10.3. The van der Waals surface area contributed by atoms with Gasteiger partial charge in [-0.15, -0.1) is 0 Å². The molecule has 2 atom stereocenters. The summed E-state index contributed by atoms with van der Waals surface area (Å²) in [7, 11) is 0. The molecule has 0 aliphatic heterocycles. The van der Waals surface area contributed by atoms with Gasteiger partial charge in [0.1, 0.15) is 0 Å². The Balaban J connectivity index is 2.25. The molecule has 0 bridgehead atoms. The normalized spacial score (nSPS) is 15.1. The lowest BCUT2D eigenvalue weighted by molar-refractivity contribution is 0.151. The smallest absolute Gasteiger partial charge is 0.232 e. The Bertz CT molecular complexity index is 422. The van der Waals surface area contributed by atoms with E-state index in [0.717, 1.165) is 5.56 Å². The zero-order valence-electron chi connectivity index (χ0n) is 8.54. The number of aromatic nitrogens is 2. The monoisotopic (exact) mass is 224 g/mol. The predicted octanol–water partition coefficient (Wildman–Crippen LogP) is 2.28. The molecular formula is C10H12N2O2S. The van der Waals surface area contributed by atoms with Crippen LogP contribution < -0.4 is 0 Å². The Morgan fingerprint density at radius 2 is 2.27 bits per heavy atom. The van der Waals surface area contributed by atoms with Crippen LogP contribution in [0, 0.1) is 0 Å². The summed E-state index contributed by atoms with van der Waals surface area (Å²) in [6.45, 7) is 3.56. The maximum Gasteiger partial charge on any atom is 0.232 e. The molecule has 0 aromatic carbocycles. The van der Waals surface area contributed by atoms with Gasteiger partial charge in [0.15, 0.2) is 0 Å². The summed E-state index contributed by atoms with van der Waals surface area (Å²) < 4.78 is 5.10. The van der Waals surface area contributed by atoms with E-state index < -0.39 is 6.10 Å². The zero-order chi connectivity index (χ0) is 10.8. The summed E-state index contributed by atoms with van der Waals surface area (Å²) in [5, 5.41) is 17.2. The Kier molecular flexibility index (Phi) is 2.83. The fourth-order valence-electron chi connectivity index (χ4n) is 1.14. The molecule has 0 amide bonds. The van der Waals surface area contributed by atoms with E-state index in [0.29, 0.717) is 11.7 Å². The summed E-state index contributed by atoms with van der Waals surface area (Å²) in [5.74, 6) is 0.926. The minimum atomic E-state index is -0.485. The number of aliphatic hydroxyl groups is 1. The topological polar surface area (TPSA) is 59.2 Å². The van der Waals surface area contributed by atoms with Gasteiger partial charge < -0.3 is 9.63 Å². The van der Waals surface area contributed by atoms with Crippen molar-refractivity contribution < 1.29 is 9.63 Å². The second-order valence-corrected chi connectivity index (χ2v) is 4.28. The SMILES string of the molecule is CC(O)C(C)c1nc(-c2ccsc2)no1. The molecule has 2 unspecified atom stereocenters. The van der Waals surface area contributed by atoms with Crippen LogP contribution in [0.2, 0.25) is 0 Å². The first-order chi connectivity index (χ1) is 7.18. The van der Waals surface area contributed by atoms with Gasteiger partial charge in [-0.1, -0.05) is 12.1 Å². The van der Waals surface area contributed by atoms with Crippen molar-refractivity contribution in [1.29, 1.82) is 0 Å². The lowest BCUT2D eigenvalue weighted by atomic mass is 10.1. The third-order valence-corrected chi connectivity index (χ3v) is 3.02. The first-order valence-electron chi connectivity index (χ1n) is 4.72. The van der Waals surface area contributed by atoms with Gasteiger partial charge in [-0.3, -0.25) is 0 Å². The van der Waals surface area contributed by atoms with Crippen molar-refractivity contribution in [2.75, 3.05) is 0 Å². The number of hydrogen-bond acceptors (Lipinski definition) is 5. The van der Waals surface area contributed by atoms with Gasteiger partial charge in [0.25, 0.3) is 0 Å². The molecule has 0 radical (unpaired) electrons. The van der Waals surface area contributed by atoms with E-state index >= 15 is 0 Å². The van der Waals surface area contributed by atoms with Gasteiger partial charge in [0.05, 0.1) is 12.0 Å². The molecule has 2 rings (SSSR count). The van der Waals surface area contributed by atoms with Crippen molar-refractivity contribution in [2.45, 2.75) is 25.9 Å². The minimum absolute atomic E-state index is 0.134. The second-order valence-electron chi connectivity index (χ2n) is 3.50. The zero-order valence-corrected chi connectivity index (χ0v) is 9.36. The molecule has 0 saturated carbocycles. The van der Waals surface area contributed by atoms with Crippen molar-refractivity contribution in [3.8, 4) is 11.4 Å². The fourth-order valence-corrected chi connectivity index (χ4v) is 1.77. The molecule has 0 aliphatic carbocycles.